The molecule has 0 radical (unpaired) electrons. The summed E-state index contributed by atoms with van der Waals surface area (Å²) in [5, 5.41) is 3.56. The minimum Gasteiger partial charge on any atom is -0.350 e. The highest BCUT2D eigenvalue weighted by Gasteiger charge is 2.29. The van der Waals surface area contributed by atoms with Crippen LogP contribution in [0.25, 0.3) is 0 Å². The van der Waals surface area contributed by atoms with E-state index in [1.54, 1.807) is 25.1 Å². The molecule has 11 heteroatoms. The van der Waals surface area contributed by atoms with Crippen LogP contribution in [0.15, 0.2) is 42.5 Å². The Labute approximate surface area is 222 Å². The lowest BCUT2D eigenvalue weighted by Crippen LogP contribution is -2.52. The van der Waals surface area contributed by atoms with Crippen molar-refractivity contribution in [2.24, 2.45) is 0 Å². The highest BCUT2D eigenvalue weighted by Crippen LogP contribution is 2.25. The van der Waals surface area contributed by atoms with Gasteiger partial charge in [-0.2, -0.15) is 0 Å². The lowest BCUT2D eigenvalue weighted by Gasteiger charge is -2.32. The van der Waals surface area contributed by atoms with E-state index in [1.807, 2.05) is 20.8 Å². The van der Waals surface area contributed by atoms with Crippen LogP contribution in [-0.2, 0) is 26.2 Å². The number of benzene rings is 2. The molecule has 1 unspecified atom stereocenters. The molecule has 36 heavy (non-hydrogen) atoms. The zero-order valence-corrected chi connectivity index (χ0v) is 23.3. The summed E-state index contributed by atoms with van der Waals surface area (Å²) in [5.41, 5.74) is 0.0923. The van der Waals surface area contributed by atoms with Crippen molar-refractivity contribution in [1.82, 2.24) is 10.2 Å². The van der Waals surface area contributed by atoms with Crippen LogP contribution in [0.3, 0.4) is 0 Å². The standard InChI is InChI=1S/C25H32Cl2FN3O4S/c1-17(24(33)29-25(2,3)4)30(16-18-12-13-19(26)20(27)15-18)23(32)11-8-14-31(36(5,34)35)22-10-7-6-9-21(22)28/h6-7,9-10,12-13,15,17H,8,11,14,16H2,1-5H3,(H,29,33). The molecule has 0 saturated heterocycles. The Hall–Kier alpha value is -2.36. The van der Waals surface area contributed by atoms with Gasteiger partial charge in [-0.1, -0.05) is 41.4 Å². The third kappa shape index (κ3) is 8.64. The minimum atomic E-state index is -3.79. The van der Waals surface area contributed by atoms with Gasteiger partial charge in [0, 0.05) is 25.0 Å². The summed E-state index contributed by atoms with van der Waals surface area (Å²) < 4.78 is 39.8. The van der Waals surface area contributed by atoms with Gasteiger partial charge in [0.2, 0.25) is 21.8 Å². The maximum Gasteiger partial charge on any atom is 0.242 e. The second-order valence-corrected chi connectivity index (χ2v) is 12.3. The molecule has 0 aliphatic carbocycles. The molecule has 2 aromatic carbocycles. The molecule has 2 aromatic rings. The number of carbonyl (C=O) groups is 2. The quantitative estimate of drug-likeness (QED) is 0.443. The van der Waals surface area contributed by atoms with Crippen molar-refractivity contribution in [3.05, 3.63) is 63.9 Å². The maximum atomic E-state index is 14.3. The number of nitrogens with zero attached hydrogens (tertiary/aromatic N) is 2. The monoisotopic (exact) mass is 559 g/mol. The highest BCUT2D eigenvalue weighted by atomic mass is 35.5. The van der Waals surface area contributed by atoms with Crippen LogP contribution >= 0.6 is 23.2 Å². The number of sulfonamides is 1. The van der Waals surface area contributed by atoms with Gasteiger partial charge in [-0.05, 0) is 63.9 Å². The highest BCUT2D eigenvalue weighted by molar-refractivity contribution is 7.92. The van der Waals surface area contributed by atoms with Crippen molar-refractivity contribution in [1.29, 1.82) is 0 Å². The molecule has 0 aliphatic rings. The van der Waals surface area contributed by atoms with Gasteiger partial charge in [0.25, 0.3) is 0 Å². The summed E-state index contributed by atoms with van der Waals surface area (Å²) in [5.74, 6) is -1.37. The molecule has 0 fully saturated rings. The molecule has 2 rings (SSSR count). The molecule has 1 N–H and O–H groups in total. The van der Waals surface area contributed by atoms with Gasteiger partial charge in [-0.15, -0.1) is 0 Å². The van der Waals surface area contributed by atoms with Gasteiger partial charge in [0.15, 0.2) is 0 Å². The molecule has 0 heterocycles. The van der Waals surface area contributed by atoms with Crippen molar-refractivity contribution in [3.63, 3.8) is 0 Å². The van der Waals surface area contributed by atoms with Crippen molar-refractivity contribution < 1.29 is 22.4 Å². The molecule has 7 nitrogen and oxygen atoms in total. The predicted octanol–water partition coefficient (Wildman–Crippen LogP) is 5.01. The fourth-order valence-electron chi connectivity index (χ4n) is 3.53. The maximum absolute atomic E-state index is 14.3. The number of hydrogen-bond acceptors (Lipinski definition) is 4. The fraction of sp³-hybridized carbons (Fsp3) is 0.440. The summed E-state index contributed by atoms with van der Waals surface area (Å²) >= 11 is 12.1. The second-order valence-electron chi connectivity index (χ2n) is 9.58. The van der Waals surface area contributed by atoms with E-state index in [1.165, 1.54) is 29.2 Å². The van der Waals surface area contributed by atoms with E-state index in [0.29, 0.717) is 15.6 Å². The topological polar surface area (TPSA) is 86.8 Å². The van der Waals surface area contributed by atoms with Crippen LogP contribution in [-0.4, -0.2) is 49.5 Å². The van der Waals surface area contributed by atoms with Gasteiger partial charge in [0.05, 0.1) is 22.0 Å². The minimum absolute atomic E-state index is 0.0606. The average molecular weight is 561 g/mol. The number of carbonyl (C=O) groups excluding carboxylic acids is 2. The molecular formula is C25H32Cl2FN3O4S. The number of nitrogens with one attached hydrogen (secondary N) is 1. The zero-order valence-electron chi connectivity index (χ0n) is 21.0. The van der Waals surface area contributed by atoms with Crippen molar-refractivity contribution in [2.75, 3.05) is 17.1 Å². The molecular weight excluding hydrogens is 528 g/mol. The van der Waals surface area contributed by atoms with E-state index in [4.69, 9.17) is 23.2 Å². The second kappa shape index (κ2) is 12.3. The van der Waals surface area contributed by atoms with Crippen molar-refractivity contribution in [3.8, 4) is 0 Å². The summed E-state index contributed by atoms with van der Waals surface area (Å²) in [6, 6.07) is 9.68. The molecule has 0 saturated carbocycles. The third-order valence-corrected chi connectivity index (χ3v) is 7.19. The lowest BCUT2D eigenvalue weighted by atomic mass is 10.1. The van der Waals surface area contributed by atoms with Crippen LogP contribution in [0.4, 0.5) is 10.1 Å². The van der Waals surface area contributed by atoms with E-state index in [2.05, 4.69) is 5.32 Å². The van der Waals surface area contributed by atoms with E-state index < -0.39 is 27.4 Å². The van der Waals surface area contributed by atoms with Crippen molar-refractivity contribution in [2.45, 2.75) is 58.7 Å². The number of hydrogen-bond donors (Lipinski definition) is 1. The largest absolute Gasteiger partial charge is 0.350 e. The smallest absolute Gasteiger partial charge is 0.242 e. The summed E-state index contributed by atoms with van der Waals surface area (Å²) in [4.78, 5) is 27.6. The number of rotatable bonds is 10. The van der Waals surface area contributed by atoms with Gasteiger partial charge in [-0.25, -0.2) is 12.8 Å². The fourth-order valence-corrected chi connectivity index (χ4v) is 4.81. The Morgan fingerprint density at radius 1 is 1.08 bits per heavy atom. The third-order valence-electron chi connectivity index (χ3n) is 5.28. The molecule has 198 valence electrons. The average Bonchev–Trinajstić information content (AvgIpc) is 2.75. The van der Waals surface area contributed by atoms with Crippen LogP contribution < -0.4 is 9.62 Å². The Morgan fingerprint density at radius 3 is 2.28 bits per heavy atom. The van der Waals surface area contributed by atoms with E-state index in [9.17, 15) is 22.4 Å². The van der Waals surface area contributed by atoms with E-state index in [-0.39, 0.29) is 43.4 Å². The van der Waals surface area contributed by atoms with E-state index in [0.717, 1.165) is 10.6 Å². The first-order valence-corrected chi connectivity index (χ1v) is 14.0. The zero-order chi connectivity index (χ0) is 27.3. The van der Waals surface area contributed by atoms with Crippen LogP contribution in [0.5, 0.6) is 0 Å². The number of amides is 2. The molecule has 2 amide bonds. The molecule has 0 spiro atoms. The normalized spacial score (nSPS) is 12.7. The van der Waals surface area contributed by atoms with Gasteiger partial charge in [-0.3, -0.25) is 13.9 Å². The number of para-hydroxylation sites is 1. The molecule has 0 aliphatic heterocycles. The Morgan fingerprint density at radius 2 is 1.72 bits per heavy atom. The number of anilines is 1. The first-order valence-electron chi connectivity index (χ1n) is 11.4. The van der Waals surface area contributed by atoms with Crippen LogP contribution in [0.2, 0.25) is 10.0 Å². The SMILES string of the molecule is CC(C(=O)NC(C)(C)C)N(Cc1ccc(Cl)c(Cl)c1)C(=O)CCCN(c1ccccc1F)S(C)(=O)=O. The van der Waals surface area contributed by atoms with Crippen molar-refractivity contribution >= 4 is 50.7 Å². The summed E-state index contributed by atoms with van der Waals surface area (Å²) in [6.45, 7) is 7.13. The number of halogens is 3. The Balaban J connectivity index is 2.23. The van der Waals surface area contributed by atoms with Crippen LogP contribution in [0, 0.1) is 5.82 Å². The molecule has 0 aromatic heterocycles. The van der Waals surface area contributed by atoms with Gasteiger partial charge in [0.1, 0.15) is 11.9 Å². The Bertz CT molecular complexity index is 1200. The van der Waals surface area contributed by atoms with Crippen LogP contribution in [0.1, 0.15) is 46.1 Å². The van der Waals surface area contributed by atoms with Gasteiger partial charge >= 0.3 is 0 Å². The van der Waals surface area contributed by atoms with E-state index >= 15 is 0 Å². The summed E-state index contributed by atoms with van der Waals surface area (Å²) in [6.07, 6.45) is 1.04. The van der Waals surface area contributed by atoms with Gasteiger partial charge < -0.3 is 10.2 Å². The first kappa shape index (κ1) is 29.9. The summed E-state index contributed by atoms with van der Waals surface area (Å²) in [7, 11) is -3.79. The molecule has 1 atom stereocenters. The molecule has 0 bridgehead atoms. The Kier molecular flexibility index (Phi) is 10.2. The predicted molar refractivity (Wildman–Crippen MR) is 142 cm³/mol. The first-order chi connectivity index (χ1) is 16.6. The lowest BCUT2D eigenvalue weighted by molar-refractivity contribution is -0.141.